The zero-order valence-corrected chi connectivity index (χ0v) is 19.3. The summed E-state index contributed by atoms with van der Waals surface area (Å²) in [4.78, 5) is 11.2. The largest absolute Gasteiger partial charge is 0.496 e. The van der Waals surface area contributed by atoms with E-state index < -0.39 is 0 Å². The Labute approximate surface area is 181 Å². The van der Waals surface area contributed by atoms with Gasteiger partial charge in [-0.25, -0.2) is 9.98 Å². The Bertz CT molecular complexity index is 723. The highest BCUT2D eigenvalue weighted by atomic mass is 127. The molecular formula is C17H25ClIN5OS. The highest BCUT2D eigenvalue weighted by Crippen LogP contribution is 2.23. The van der Waals surface area contributed by atoms with Crippen molar-refractivity contribution in [2.45, 2.75) is 20.0 Å². The van der Waals surface area contributed by atoms with E-state index in [9.17, 15) is 0 Å². The number of halogens is 2. The van der Waals surface area contributed by atoms with Crippen LogP contribution in [0.2, 0.25) is 5.02 Å². The van der Waals surface area contributed by atoms with Gasteiger partial charge in [0, 0.05) is 36.6 Å². The van der Waals surface area contributed by atoms with Gasteiger partial charge in [-0.05, 0) is 19.1 Å². The van der Waals surface area contributed by atoms with Gasteiger partial charge in [-0.2, -0.15) is 0 Å². The number of hydrogen-bond acceptors (Lipinski definition) is 5. The van der Waals surface area contributed by atoms with Crippen LogP contribution in [0.4, 0.5) is 5.13 Å². The van der Waals surface area contributed by atoms with Crippen LogP contribution >= 0.6 is 46.9 Å². The molecule has 2 aromatic rings. The number of methoxy groups -OCH3 is 1. The summed E-state index contributed by atoms with van der Waals surface area (Å²) in [5, 5.41) is 10.2. The Morgan fingerprint density at radius 3 is 2.73 bits per heavy atom. The summed E-state index contributed by atoms with van der Waals surface area (Å²) in [5.74, 6) is 1.47. The Balaban J connectivity index is 0.00000338. The van der Waals surface area contributed by atoms with Gasteiger partial charge in [0.2, 0.25) is 0 Å². The summed E-state index contributed by atoms with van der Waals surface area (Å²) in [7, 11) is 5.61. The summed E-state index contributed by atoms with van der Waals surface area (Å²) in [6.45, 7) is 3.93. The van der Waals surface area contributed by atoms with Crippen LogP contribution in [0.3, 0.4) is 0 Å². The zero-order chi connectivity index (χ0) is 18.2. The number of aliphatic imine (C=N–C) groups is 1. The topological polar surface area (TPSA) is 61.8 Å². The van der Waals surface area contributed by atoms with Gasteiger partial charge in [0.25, 0.3) is 0 Å². The summed E-state index contributed by atoms with van der Waals surface area (Å²) in [5.41, 5.74) is 1.97. The standard InChI is InChI=1S/C17H24ClN5OS.HI/c1-5-19-16(21-10-14-11-25-17(22-14)23(2)3)20-9-12-6-7-13(18)8-15(12)24-4;/h6-8,11H,5,9-10H2,1-4H3,(H2,19,20,21);1H. The van der Waals surface area contributed by atoms with Crippen molar-refractivity contribution in [1.29, 1.82) is 0 Å². The lowest BCUT2D eigenvalue weighted by Crippen LogP contribution is -2.36. The van der Waals surface area contributed by atoms with Gasteiger partial charge < -0.3 is 20.3 Å². The molecule has 0 aliphatic heterocycles. The first-order valence-electron chi connectivity index (χ1n) is 7.99. The monoisotopic (exact) mass is 509 g/mol. The molecule has 0 saturated heterocycles. The summed E-state index contributed by atoms with van der Waals surface area (Å²) in [6, 6.07) is 5.57. The van der Waals surface area contributed by atoms with Gasteiger partial charge in [-0.3, -0.25) is 0 Å². The quantitative estimate of drug-likeness (QED) is 0.338. The SMILES string of the molecule is CCNC(=NCc1ccc(Cl)cc1OC)NCc1csc(N(C)C)n1.I. The maximum Gasteiger partial charge on any atom is 0.191 e. The van der Waals surface area contributed by atoms with Gasteiger partial charge in [0.1, 0.15) is 5.75 Å². The Kier molecular flexibility index (Phi) is 10.0. The van der Waals surface area contributed by atoms with Crippen molar-refractivity contribution >= 4 is 58.0 Å². The maximum atomic E-state index is 6.00. The number of nitrogens with one attached hydrogen (secondary N) is 2. The van der Waals surface area contributed by atoms with Crippen LogP contribution in [0.15, 0.2) is 28.6 Å². The summed E-state index contributed by atoms with van der Waals surface area (Å²) >= 11 is 7.62. The molecule has 0 amide bonds. The van der Waals surface area contributed by atoms with Crippen molar-refractivity contribution in [3.63, 3.8) is 0 Å². The molecule has 0 atom stereocenters. The number of thiazole rings is 1. The van der Waals surface area contributed by atoms with Crippen LogP contribution in [0.25, 0.3) is 0 Å². The van der Waals surface area contributed by atoms with E-state index in [-0.39, 0.29) is 24.0 Å². The first-order chi connectivity index (χ1) is 12.0. The first-order valence-corrected chi connectivity index (χ1v) is 9.25. The number of benzene rings is 1. The average molecular weight is 510 g/mol. The Morgan fingerprint density at radius 2 is 2.12 bits per heavy atom. The molecule has 0 fully saturated rings. The molecule has 0 bridgehead atoms. The van der Waals surface area contributed by atoms with E-state index in [1.165, 1.54) is 0 Å². The number of rotatable bonds is 7. The molecule has 0 spiro atoms. The molecule has 26 heavy (non-hydrogen) atoms. The fourth-order valence-electron chi connectivity index (χ4n) is 2.11. The molecule has 6 nitrogen and oxygen atoms in total. The average Bonchev–Trinajstić information content (AvgIpc) is 3.07. The molecule has 0 aliphatic carbocycles. The van der Waals surface area contributed by atoms with E-state index in [4.69, 9.17) is 16.3 Å². The van der Waals surface area contributed by atoms with Crippen molar-refractivity contribution in [2.75, 3.05) is 32.6 Å². The Hall–Kier alpha value is -1.26. The van der Waals surface area contributed by atoms with Gasteiger partial charge >= 0.3 is 0 Å². The predicted molar refractivity (Wildman–Crippen MR) is 122 cm³/mol. The molecule has 0 aliphatic rings. The van der Waals surface area contributed by atoms with Crippen LogP contribution in [-0.2, 0) is 13.1 Å². The molecule has 0 saturated carbocycles. The van der Waals surface area contributed by atoms with Gasteiger partial charge in [-0.15, -0.1) is 35.3 Å². The van der Waals surface area contributed by atoms with Crippen molar-refractivity contribution < 1.29 is 4.74 Å². The minimum atomic E-state index is 0. The summed E-state index contributed by atoms with van der Waals surface area (Å²) in [6.07, 6.45) is 0. The molecular weight excluding hydrogens is 485 g/mol. The van der Waals surface area contributed by atoms with Crippen LogP contribution in [0.5, 0.6) is 5.75 Å². The second-order valence-corrected chi connectivity index (χ2v) is 6.79. The number of guanidine groups is 1. The minimum Gasteiger partial charge on any atom is -0.496 e. The lowest BCUT2D eigenvalue weighted by atomic mass is 10.2. The van der Waals surface area contributed by atoms with Crippen LogP contribution < -0.4 is 20.3 Å². The molecule has 0 unspecified atom stereocenters. The number of hydrogen-bond donors (Lipinski definition) is 2. The van der Waals surface area contributed by atoms with Crippen LogP contribution in [-0.4, -0.2) is 38.7 Å². The molecule has 2 N–H and O–H groups in total. The van der Waals surface area contributed by atoms with E-state index in [1.54, 1.807) is 24.5 Å². The summed E-state index contributed by atoms with van der Waals surface area (Å²) < 4.78 is 5.37. The van der Waals surface area contributed by atoms with Crippen molar-refractivity contribution in [3.05, 3.63) is 39.9 Å². The number of anilines is 1. The van der Waals surface area contributed by atoms with E-state index >= 15 is 0 Å². The number of nitrogens with zero attached hydrogens (tertiary/aromatic N) is 3. The zero-order valence-electron chi connectivity index (χ0n) is 15.4. The van der Waals surface area contributed by atoms with E-state index in [1.807, 2.05) is 43.4 Å². The first kappa shape index (κ1) is 22.8. The lowest BCUT2D eigenvalue weighted by Gasteiger charge is -2.12. The van der Waals surface area contributed by atoms with Crippen molar-refractivity contribution in [1.82, 2.24) is 15.6 Å². The fourth-order valence-corrected chi connectivity index (χ4v) is 3.03. The van der Waals surface area contributed by atoms with Crippen LogP contribution in [0, 0.1) is 0 Å². The smallest absolute Gasteiger partial charge is 0.191 e. The second-order valence-electron chi connectivity index (χ2n) is 5.52. The van der Waals surface area contributed by atoms with Crippen molar-refractivity contribution in [3.8, 4) is 5.75 Å². The molecule has 1 aromatic heterocycles. The number of aromatic nitrogens is 1. The minimum absolute atomic E-state index is 0. The molecule has 144 valence electrons. The maximum absolute atomic E-state index is 6.00. The van der Waals surface area contributed by atoms with E-state index in [0.717, 1.165) is 34.6 Å². The number of ether oxygens (including phenoxy) is 1. The molecule has 9 heteroatoms. The predicted octanol–water partition coefficient (Wildman–Crippen LogP) is 3.74. The normalized spacial score (nSPS) is 10.9. The highest BCUT2D eigenvalue weighted by molar-refractivity contribution is 14.0. The lowest BCUT2D eigenvalue weighted by molar-refractivity contribution is 0.410. The molecule has 1 aromatic carbocycles. The van der Waals surface area contributed by atoms with Gasteiger partial charge in [0.15, 0.2) is 11.1 Å². The van der Waals surface area contributed by atoms with E-state index in [2.05, 4.69) is 20.6 Å². The fraction of sp³-hybridized carbons (Fsp3) is 0.412. The van der Waals surface area contributed by atoms with Crippen LogP contribution in [0.1, 0.15) is 18.2 Å². The third-order valence-electron chi connectivity index (χ3n) is 3.36. The molecule has 1 heterocycles. The third kappa shape index (κ3) is 6.81. The van der Waals surface area contributed by atoms with Gasteiger partial charge in [-0.1, -0.05) is 17.7 Å². The van der Waals surface area contributed by atoms with Gasteiger partial charge in [0.05, 0.1) is 25.9 Å². The third-order valence-corrected chi connectivity index (χ3v) is 4.65. The molecule has 2 rings (SSSR count). The van der Waals surface area contributed by atoms with E-state index in [0.29, 0.717) is 18.1 Å². The second kappa shape index (κ2) is 11.5. The Morgan fingerprint density at radius 1 is 1.35 bits per heavy atom. The molecule has 0 radical (unpaired) electrons. The van der Waals surface area contributed by atoms with Crippen molar-refractivity contribution in [2.24, 2.45) is 4.99 Å². The highest BCUT2D eigenvalue weighted by Gasteiger charge is 2.06.